The molecule has 6 heteroatoms. The molecule has 142 valence electrons. The first kappa shape index (κ1) is 18.3. The Hall–Kier alpha value is -3.12. The third-order valence-corrected chi connectivity index (χ3v) is 6.70. The molecule has 0 saturated heterocycles. The van der Waals surface area contributed by atoms with Crippen LogP contribution in [0.4, 0.5) is 17.1 Å². The van der Waals surface area contributed by atoms with Gasteiger partial charge in [0.15, 0.2) is 0 Å². The van der Waals surface area contributed by atoms with Gasteiger partial charge in [-0.1, -0.05) is 42.0 Å². The van der Waals surface area contributed by atoms with Gasteiger partial charge in [-0.15, -0.1) is 0 Å². The molecule has 4 rings (SSSR count). The average Bonchev–Trinajstić information content (AvgIpc) is 2.68. The van der Waals surface area contributed by atoms with E-state index in [0.29, 0.717) is 11.4 Å². The van der Waals surface area contributed by atoms with Crippen LogP contribution in [0, 0.1) is 13.8 Å². The van der Waals surface area contributed by atoms with Gasteiger partial charge in [0.2, 0.25) is 15.7 Å². The van der Waals surface area contributed by atoms with Crippen LogP contribution in [0.1, 0.15) is 11.1 Å². The van der Waals surface area contributed by atoms with Crippen molar-refractivity contribution in [3.8, 4) is 0 Å². The normalized spacial score (nSPS) is 14.1. The van der Waals surface area contributed by atoms with Crippen LogP contribution < -0.4 is 10.2 Å². The van der Waals surface area contributed by atoms with Gasteiger partial charge in [-0.3, -0.25) is 4.79 Å². The third-order valence-electron chi connectivity index (χ3n) is 4.85. The molecule has 0 aromatic heterocycles. The molecule has 0 fully saturated rings. The summed E-state index contributed by atoms with van der Waals surface area (Å²) in [5, 5.41) is 2.94. The highest BCUT2D eigenvalue weighted by molar-refractivity contribution is 7.92. The van der Waals surface area contributed by atoms with Crippen molar-refractivity contribution in [3.63, 3.8) is 0 Å². The molecule has 1 amide bonds. The number of hydrogen-bond donors (Lipinski definition) is 1. The molecule has 0 aliphatic carbocycles. The molecule has 3 aromatic rings. The number of hydrogen-bond acceptors (Lipinski definition) is 4. The van der Waals surface area contributed by atoms with Gasteiger partial charge in [0, 0.05) is 5.69 Å². The molecule has 0 bridgehead atoms. The fourth-order valence-corrected chi connectivity index (χ4v) is 5.18. The maximum absolute atomic E-state index is 13.0. The van der Waals surface area contributed by atoms with Crippen molar-refractivity contribution in [3.05, 3.63) is 77.9 Å². The maximum atomic E-state index is 13.0. The lowest BCUT2D eigenvalue weighted by Crippen LogP contribution is -2.33. The number of carbonyl (C=O) groups excluding carboxylic acids is 1. The van der Waals surface area contributed by atoms with Gasteiger partial charge < -0.3 is 10.2 Å². The number of benzene rings is 3. The third kappa shape index (κ3) is 3.05. The van der Waals surface area contributed by atoms with Crippen LogP contribution in [0.2, 0.25) is 0 Å². The molecule has 0 spiro atoms. The predicted octanol–water partition coefficient (Wildman–Crippen LogP) is 4.23. The van der Waals surface area contributed by atoms with Crippen molar-refractivity contribution >= 4 is 32.8 Å². The van der Waals surface area contributed by atoms with Crippen LogP contribution in [0.25, 0.3) is 0 Å². The number of carbonyl (C=O) groups is 1. The molecule has 1 aliphatic heterocycles. The largest absolute Gasteiger partial charge is 0.330 e. The van der Waals surface area contributed by atoms with Crippen LogP contribution >= 0.6 is 0 Å². The average molecular weight is 392 g/mol. The molecule has 1 N–H and O–H groups in total. The molecule has 0 saturated carbocycles. The summed E-state index contributed by atoms with van der Waals surface area (Å²) in [4.78, 5) is 15.0. The minimum Gasteiger partial charge on any atom is -0.330 e. The summed E-state index contributed by atoms with van der Waals surface area (Å²) in [5.74, 6) is -0.212. The summed E-state index contributed by atoms with van der Waals surface area (Å²) >= 11 is 0. The first-order chi connectivity index (χ1) is 13.4. The second-order valence-electron chi connectivity index (χ2n) is 6.89. The summed E-state index contributed by atoms with van der Waals surface area (Å²) in [6.07, 6.45) is 0. The zero-order valence-corrected chi connectivity index (χ0v) is 16.5. The molecule has 3 aromatic carbocycles. The van der Waals surface area contributed by atoms with Crippen LogP contribution in [0.5, 0.6) is 0 Å². The lowest BCUT2D eigenvalue weighted by Gasteiger charge is -2.32. The number of fused-ring (bicyclic) bond motifs is 2. The van der Waals surface area contributed by atoms with Gasteiger partial charge in [-0.05, 0) is 49.7 Å². The minimum atomic E-state index is -3.61. The lowest BCUT2D eigenvalue weighted by molar-refractivity contribution is -0.114. The number of anilines is 3. The van der Waals surface area contributed by atoms with E-state index < -0.39 is 9.84 Å². The molecule has 0 atom stereocenters. The first-order valence-corrected chi connectivity index (χ1v) is 10.4. The summed E-state index contributed by atoms with van der Waals surface area (Å²) in [7, 11) is -3.61. The van der Waals surface area contributed by atoms with E-state index in [1.54, 1.807) is 53.4 Å². The maximum Gasteiger partial charge on any atom is 0.244 e. The van der Waals surface area contributed by atoms with Crippen molar-refractivity contribution in [2.45, 2.75) is 23.6 Å². The van der Waals surface area contributed by atoms with E-state index in [1.165, 1.54) is 0 Å². The Kier molecular flexibility index (Phi) is 4.43. The van der Waals surface area contributed by atoms with E-state index in [0.717, 1.165) is 16.8 Å². The second kappa shape index (κ2) is 6.80. The Morgan fingerprint density at radius 2 is 1.46 bits per heavy atom. The number of amides is 1. The summed E-state index contributed by atoms with van der Waals surface area (Å²) in [5.41, 5.74) is 3.88. The SMILES string of the molecule is Cc1ccc(NC(=O)CN2c3ccccc3S(=O)(=O)c3ccccc32)c(C)c1. The fourth-order valence-electron chi connectivity index (χ4n) is 3.52. The van der Waals surface area contributed by atoms with Crippen molar-refractivity contribution < 1.29 is 13.2 Å². The van der Waals surface area contributed by atoms with E-state index in [9.17, 15) is 13.2 Å². The van der Waals surface area contributed by atoms with Crippen molar-refractivity contribution in [1.82, 2.24) is 0 Å². The van der Waals surface area contributed by atoms with E-state index in [1.807, 2.05) is 32.0 Å². The van der Waals surface area contributed by atoms with Crippen LogP contribution in [-0.2, 0) is 14.6 Å². The van der Waals surface area contributed by atoms with Gasteiger partial charge >= 0.3 is 0 Å². The van der Waals surface area contributed by atoms with Crippen molar-refractivity contribution in [2.24, 2.45) is 0 Å². The molecule has 1 heterocycles. The molecule has 28 heavy (non-hydrogen) atoms. The number of nitrogens with zero attached hydrogens (tertiary/aromatic N) is 1. The Labute approximate surface area is 164 Å². The summed E-state index contributed by atoms with van der Waals surface area (Å²) in [6.45, 7) is 3.96. The highest BCUT2D eigenvalue weighted by atomic mass is 32.2. The zero-order valence-electron chi connectivity index (χ0n) is 15.6. The first-order valence-electron chi connectivity index (χ1n) is 8.96. The second-order valence-corrected chi connectivity index (χ2v) is 8.78. The standard InChI is InChI=1S/C22H20N2O3S/c1-15-11-12-17(16(2)13-15)23-22(25)14-24-18-7-3-5-9-20(18)28(26,27)21-10-6-4-8-19(21)24/h3-13H,14H2,1-2H3,(H,23,25). The Bertz CT molecular complexity index is 1130. The lowest BCUT2D eigenvalue weighted by atomic mass is 10.1. The number of rotatable bonds is 3. The smallest absolute Gasteiger partial charge is 0.244 e. The van der Waals surface area contributed by atoms with E-state index in [2.05, 4.69) is 5.32 Å². The van der Waals surface area contributed by atoms with Gasteiger partial charge in [0.25, 0.3) is 0 Å². The van der Waals surface area contributed by atoms with Crippen molar-refractivity contribution in [1.29, 1.82) is 0 Å². The number of sulfone groups is 1. The summed E-state index contributed by atoms with van der Waals surface area (Å²) in [6, 6.07) is 19.4. The van der Waals surface area contributed by atoms with Gasteiger partial charge in [0.1, 0.15) is 6.54 Å². The molecule has 5 nitrogen and oxygen atoms in total. The summed E-state index contributed by atoms with van der Waals surface area (Å²) < 4.78 is 25.9. The fraction of sp³-hybridized carbons (Fsp3) is 0.136. The van der Waals surface area contributed by atoms with E-state index in [-0.39, 0.29) is 22.2 Å². The molecule has 0 radical (unpaired) electrons. The highest BCUT2D eigenvalue weighted by Crippen LogP contribution is 2.43. The molecular weight excluding hydrogens is 372 g/mol. The van der Waals surface area contributed by atoms with Gasteiger partial charge in [-0.25, -0.2) is 8.42 Å². The minimum absolute atomic E-state index is 0.0108. The van der Waals surface area contributed by atoms with Crippen LogP contribution in [0.15, 0.2) is 76.5 Å². The monoisotopic (exact) mass is 392 g/mol. The van der Waals surface area contributed by atoms with Crippen molar-refractivity contribution in [2.75, 3.05) is 16.8 Å². The molecular formula is C22H20N2O3S. The number of nitrogens with one attached hydrogen (secondary N) is 1. The highest BCUT2D eigenvalue weighted by Gasteiger charge is 2.34. The number of para-hydroxylation sites is 2. The van der Waals surface area contributed by atoms with E-state index in [4.69, 9.17) is 0 Å². The molecule has 1 aliphatic rings. The Morgan fingerprint density at radius 3 is 2.04 bits per heavy atom. The zero-order chi connectivity index (χ0) is 19.9. The topological polar surface area (TPSA) is 66.5 Å². The Balaban J connectivity index is 1.71. The van der Waals surface area contributed by atoms with E-state index >= 15 is 0 Å². The number of aryl methyl sites for hydroxylation is 2. The van der Waals surface area contributed by atoms with Crippen LogP contribution in [-0.4, -0.2) is 20.9 Å². The predicted molar refractivity (Wildman–Crippen MR) is 110 cm³/mol. The quantitative estimate of drug-likeness (QED) is 0.724. The Morgan fingerprint density at radius 1 is 0.893 bits per heavy atom. The molecule has 0 unspecified atom stereocenters. The van der Waals surface area contributed by atoms with Crippen LogP contribution in [0.3, 0.4) is 0 Å². The van der Waals surface area contributed by atoms with Gasteiger partial charge in [0.05, 0.1) is 21.2 Å². The van der Waals surface area contributed by atoms with Gasteiger partial charge in [-0.2, -0.15) is 0 Å².